The van der Waals surface area contributed by atoms with Gasteiger partial charge in [-0.2, -0.15) is 0 Å². The molecule has 0 aromatic heterocycles. The van der Waals surface area contributed by atoms with Gasteiger partial charge in [-0.15, -0.1) is 0 Å². The zero-order valence-corrected chi connectivity index (χ0v) is 11.9. The number of aliphatic hydroxyl groups is 1. The van der Waals surface area contributed by atoms with Crippen LogP contribution in [0.5, 0.6) is 5.75 Å². The van der Waals surface area contributed by atoms with Gasteiger partial charge < -0.3 is 9.84 Å². The Morgan fingerprint density at radius 2 is 2.18 bits per heavy atom. The van der Waals surface area contributed by atoms with Crippen LogP contribution in [-0.2, 0) is 0 Å². The molecule has 1 aliphatic carbocycles. The van der Waals surface area contributed by atoms with Gasteiger partial charge in [0, 0.05) is 4.47 Å². The van der Waals surface area contributed by atoms with Crippen LogP contribution in [0.2, 0.25) is 0 Å². The molecule has 0 amide bonds. The lowest BCUT2D eigenvalue weighted by Crippen LogP contribution is -2.15. The van der Waals surface area contributed by atoms with Gasteiger partial charge in [-0.25, -0.2) is 0 Å². The number of ether oxygens (including phenoxy) is 1. The molecule has 0 spiro atoms. The molecule has 0 radical (unpaired) electrons. The molecular formula is C14H19BrO2. The monoisotopic (exact) mass is 298 g/mol. The summed E-state index contributed by atoms with van der Waals surface area (Å²) in [5, 5.41) is 10.5. The van der Waals surface area contributed by atoms with Crippen LogP contribution in [0.15, 0.2) is 22.7 Å². The van der Waals surface area contributed by atoms with E-state index in [1.165, 1.54) is 12.8 Å². The Labute approximate surface area is 111 Å². The van der Waals surface area contributed by atoms with E-state index < -0.39 is 0 Å². The highest BCUT2D eigenvalue weighted by atomic mass is 79.9. The highest BCUT2D eigenvalue weighted by Crippen LogP contribution is 2.42. The van der Waals surface area contributed by atoms with E-state index in [-0.39, 0.29) is 6.10 Å². The van der Waals surface area contributed by atoms with Crippen molar-refractivity contribution in [2.45, 2.75) is 32.3 Å². The SMILES string of the molecule is COc1ccc(C(O)C2CCCC2C)c(Br)c1. The van der Waals surface area contributed by atoms with Crippen LogP contribution in [0.3, 0.4) is 0 Å². The third-order valence-electron chi connectivity index (χ3n) is 3.86. The Kier molecular flexibility index (Phi) is 4.10. The summed E-state index contributed by atoms with van der Waals surface area (Å²) in [5.74, 6) is 1.81. The van der Waals surface area contributed by atoms with E-state index in [9.17, 15) is 5.11 Å². The van der Waals surface area contributed by atoms with E-state index in [0.717, 1.165) is 22.2 Å². The van der Waals surface area contributed by atoms with Crippen LogP contribution in [-0.4, -0.2) is 12.2 Å². The van der Waals surface area contributed by atoms with E-state index in [4.69, 9.17) is 4.74 Å². The molecule has 94 valence electrons. The zero-order valence-electron chi connectivity index (χ0n) is 10.3. The Morgan fingerprint density at radius 3 is 2.71 bits per heavy atom. The zero-order chi connectivity index (χ0) is 12.4. The van der Waals surface area contributed by atoms with Crippen molar-refractivity contribution in [2.75, 3.05) is 7.11 Å². The number of aliphatic hydroxyl groups excluding tert-OH is 1. The van der Waals surface area contributed by atoms with Gasteiger partial charge in [0.25, 0.3) is 0 Å². The molecule has 1 aromatic carbocycles. The molecule has 1 aliphatic rings. The first kappa shape index (κ1) is 12.9. The summed E-state index contributed by atoms with van der Waals surface area (Å²) in [6, 6.07) is 5.78. The Hall–Kier alpha value is -0.540. The average molecular weight is 299 g/mol. The quantitative estimate of drug-likeness (QED) is 0.916. The van der Waals surface area contributed by atoms with Crippen LogP contribution in [0, 0.1) is 11.8 Å². The molecule has 0 heterocycles. The number of halogens is 1. The topological polar surface area (TPSA) is 29.5 Å². The predicted molar refractivity (Wildman–Crippen MR) is 72.2 cm³/mol. The minimum atomic E-state index is -0.368. The first-order chi connectivity index (χ1) is 8.13. The van der Waals surface area contributed by atoms with Gasteiger partial charge in [-0.05, 0) is 36.0 Å². The van der Waals surface area contributed by atoms with Gasteiger partial charge in [0.1, 0.15) is 5.75 Å². The average Bonchev–Trinajstić information content (AvgIpc) is 2.74. The number of hydrogen-bond acceptors (Lipinski definition) is 2. The maximum atomic E-state index is 10.5. The maximum absolute atomic E-state index is 10.5. The highest BCUT2D eigenvalue weighted by molar-refractivity contribution is 9.10. The van der Waals surface area contributed by atoms with Gasteiger partial charge in [0.2, 0.25) is 0 Å². The fourth-order valence-corrected chi connectivity index (χ4v) is 3.34. The van der Waals surface area contributed by atoms with Crippen molar-refractivity contribution in [3.8, 4) is 5.75 Å². The molecule has 1 aromatic rings. The van der Waals surface area contributed by atoms with E-state index in [0.29, 0.717) is 11.8 Å². The van der Waals surface area contributed by atoms with E-state index in [1.807, 2.05) is 18.2 Å². The molecule has 1 N–H and O–H groups in total. The molecule has 2 nitrogen and oxygen atoms in total. The normalized spacial score (nSPS) is 25.9. The smallest absolute Gasteiger partial charge is 0.120 e. The molecule has 0 aliphatic heterocycles. The molecule has 0 saturated heterocycles. The van der Waals surface area contributed by atoms with Gasteiger partial charge in [-0.3, -0.25) is 0 Å². The van der Waals surface area contributed by atoms with Crippen molar-refractivity contribution in [3.63, 3.8) is 0 Å². The van der Waals surface area contributed by atoms with E-state index in [1.54, 1.807) is 7.11 Å². The standard InChI is InChI=1S/C14H19BrO2/c1-9-4-3-5-11(9)14(16)12-7-6-10(17-2)8-13(12)15/h6-9,11,14,16H,3-5H2,1-2H3. The van der Waals surface area contributed by atoms with Crippen LogP contribution in [0.1, 0.15) is 37.9 Å². The number of rotatable bonds is 3. The first-order valence-electron chi connectivity index (χ1n) is 6.15. The molecule has 1 saturated carbocycles. The fraction of sp³-hybridized carbons (Fsp3) is 0.571. The van der Waals surface area contributed by atoms with Gasteiger partial charge in [-0.1, -0.05) is 41.8 Å². The number of methoxy groups -OCH3 is 1. The van der Waals surface area contributed by atoms with Gasteiger partial charge >= 0.3 is 0 Å². The second-order valence-electron chi connectivity index (χ2n) is 4.90. The Bertz CT molecular complexity index is 392. The third kappa shape index (κ3) is 2.66. The summed E-state index contributed by atoms with van der Waals surface area (Å²) < 4.78 is 6.10. The minimum absolute atomic E-state index is 0.368. The Morgan fingerprint density at radius 1 is 1.41 bits per heavy atom. The van der Waals surface area contributed by atoms with Crippen LogP contribution >= 0.6 is 15.9 Å². The molecule has 3 atom stereocenters. The molecular weight excluding hydrogens is 280 g/mol. The van der Waals surface area contributed by atoms with Crippen LogP contribution in [0.25, 0.3) is 0 Å². The second kappa shape index (κ2) is 5.40. The van der Waals surface area contributed by atoms with Crippen LogP contribution in [0.4, 0.5) is 0 Å². The molecule has 0 bridgehead atoms. The van der Waals surface area contributed by atoms with Gasteiger partial charge in [0.05, 0.1) is 13.2 Å². The minimum Gasteiger partial charge on any atom is -0.497 e. The summed E-state index contributed by atoms with van der Waals surface area (Å²) in [6.07, 6.45) is 3.22. The Balaban J connectivity index is 2.21. The number of benzene rings is 1. The van der Waals surface area contributed by atoms with E-state index >= 15 is 0 Å². The second-order valence-corrected chi connectivity index (χ2v) is 5.76. The van der Waals surface area contributed by atoms with Crippen molar-refractivity contribution in [1.82, 2.24) is 0 Å². The predicted octanol–water partition coefficient (Wildman–Crippen LogP) is 3.93. The molecule has 3 heteroatoms. The summed E-state index contributed by atoms with van der Waals surface area (Å²) in [4.78, 5) is 0. The molecule has 1 fully saturated rings. The van der Waals surface area contributed by atoms with Crippen molar-refractivity contribution in [1.29, 1.82) is 0 Å². The van der Waals surface area contributed by atoms with Gasteiger partial charge in [0.15, 0.2) is 0 Å². The molecule has 2 rings (SSSR count). The van der Waals surface area contributed by atoms with Crippen LogP contribution < -0.4 is 4.74 Å². The summed E-state index contributed by atoms with van der Waals surface area (Å²) in [6.45, 7) is 2.23. The van der Waals surface area contributed by atoms with Crippen molar-refractivity contribution in [2.24, 2.45) is 11.8 Å². The first-order valence-corrected chi connectivity index (χ1v) is 6.94. The van der Waals surface area contributed by atoms with Crippen molar-refractivity contribution < 1.29 is 9.84 Å². The molecule has 17 heavy (non-hydrogen) atoms. The van der Waals surface area contributed by atoms with E-state index in [2.05, 4.69) is 22.9 Å². The molecule has 3 unspecified atom stereocenters. The maximum Gasteiger partial charge on any atom is 0.120 e. The highest BCUT2D eigenvalue weighted by Gasteiger charge is 2.31. The summed E-state index contributed by atoms with van der Waals surface area (Å²) >= 11 is 3.52. The number of hydrogen-bond donors (Lipinski definition) is 1. The van der Waals surface area contributed by atoms with Crippen molar-refractivity contribution >= 4 is 15.9 Å². The third-order valence-corrected chi connectivity index (χ3v) is 4.55. The largest absolute Gasteiger partial charge is 0.497 e. The summed E-state index contributed by atoms with van der Waals surface area (Å²) in [7, 11) is 1.65. The van der Waals surface area contributed by atoms with Crippen molar-refractivity contribution in [3.05, 3.63) is 28.2 Å². The lowest BCUT2D eigenvalue weighted by molar-refractivity contribution is 0.0894. The fourth-order valence-electron chi connectivity index (χ4n) is 2.75. The lowest BCUT2D eigenvalue weighted by Gasteiger charge is -2.23. The lowest BCUT2D eigenvalue weighted by atomic mass is 9.88. The summed E-state index contributed by atoms with van der Waals surface area (Å²) in [5.41, 5.74) is 0.976.